The van der Waals surface area contributed by atoms with E-state index in [-0.39, 0.29) is 17.6 Å². The van der Waals surface area contributed by atoms with Crippen LogP contribution in [-0.2, 0) is 11.3 Å². The van der Waals surface area contributed by atoms with Crippen molar-refractivity contribution in [3.63, 3.8) is 0 Å². The Kier molecular flexibility index (Phi) is 6.95. The quantitative estimate of drug-likeness (QED) is 0.764. The molecule has 0 saturated heterocycles. The molecular weight excluding hydrogens is 343 g/mol. The lowest BCUT2D eigenvalue weighted by atomic mass is 10.2. The highest BCUT2D eigenvalue weighted by molar-refractivity contribution is 6.30. The van der Waals surface area contributed by atoms with Crippen LogP contribution in [0.5, 0.6) is 0 Å². The lowest BCUT2D eigenvalue weighted by molar-refractivity contribution is -0.130. The zero-order chi connectivity index (χ0) is 18.2. The third-order valence-electron chi connectivity index (χ3n) is 3.72. The number of benzene rings is 2. The molecule has 0 unspecified atom stereocenters. The summed E-state index contributed by atoms with van der Waals surface area (Å²) >= 11 is 5.78. The van der Waals surface area contributed by atoms with Crippen molar-refractivity contribution in [3.8, 4) is 0 Å². The zero-order valence-electron chi connectivity index (χ0n) is 14.0. The molecule has 1 N–H and O–H groups in total. The van der Waals surface area contributed by atoms with Gasteiger partial charge in [-0.15, -0.1) is 0 Å². The number of carbonyl (C=O) groups excluding carboxylic acids is 2. The lowest BCUT2D eigenvalue weighted by Crippen LogP contribution is -2.28. The second-order valence-electron chi connectivity index (χ2n) is 5.74. The third-order valence-corrected chi connectivity index (χ3v) is 3.97. The average Bonchev–Trinajstić information content (AvgIpc) is 2.60. The first-order valence-electron chi connectivity index (χ1n) is 7.98. The van der Waals surface area contributed by atoms with Crippen molar-refractivity contribution in [3.05, 3.63) is 70.5 Å². The average molecular weight is 363 g/mol. The van der Waals surface area contributed by atoms with E-state index in [1.54, 1.807) is 48.3 Å². The van der Waals surface area contributed by atoms with Gasteiger partial charge in [-0.25, -0.2) is 4.39 Å². The van der Waals surface area contributed by atoms with Gasteiger partial charge < -0.3 is 10.2 Å². The molecule has 0 bridgehead atoms. The normalized spacial score (nSPS) is 10.4. The van der Waals surface area contributed by atoms with Crippen LogP contribution < -0.4 is 5.32 Å². The molecule has 2 amide bonds. The van der Waals surface area contributed by atoms with E-state index < -0.39 is 0 Å². The van der Waals surface area contributed by atoms with E-state index in [2.05, 4.69) is 5.32 Å². The van der Waals surface area contributed by atoms with Gasteiger partial charge in [0.25, 0.3) is 5.91 Å². The molecule has 2 rings (SSSR count). The van der Waals surface area contributed by atoms with Crippen LogP contribution in [0.1, 0.15) is 28.8 Å². The van der Waals surface area contributed by atoms with Gasteiger partial charge in [-0.05, 0) is 48.4 Å². The molecule has 0 aliphatic heterocycles. The summed E-state index contributed by atoms with van der Waals surface area (Å²) in [6.45, 7) is 0.841. The maximum Gasteiger partial charge on any atom is 0.251 e. The van der Waals surface area contributed by atoms with E-state index >= 15 is 0 Å². The van der Waals surface area contributed by atoms with Crippen LogP contribution in [0.2, 0.25) is 5.02 Å². The highest BCUT2D eigenvalue weighted by Crippen LogP contribution is 2.10. The summed E-state index contributed by atoms with van der Waals surface area (Å²) < 4.78 is 12.9. The monoisotopic (exact) mass is 362 g/mol. The fraction of sp³-hybridized carbons (Fsp3) is 0.263. The number of hydrogen-bond acceptors (Lipinski definition) is 2. The summed E-state index contributed by atoms with van der Waals surface area (Å²) in [6.07, 6.45) is 0.879. The molecule has 0 fully saturated rings. The number of nitrogens with zero attached hydrogens (tertiary/aromatic N) is 1. The molecule has 4 nitrogen and oxygen atoms in total. The number of hydrogen-bond donors (Lipinski definition) is 1. The molecule has 0 aliphatic carbocycles. The Morgan fingerprint density at radius 1 is 1.08 bits per heavy atom. The van der Waals surface area contributed by atoms with Gasteiger partial charge in [0.05, 0.1) is 0 Å². The molecule has 0 saturated carbocycles. The SMILES string of the molecule is CN(Cc1ccc(F)cc1)C(=O)CCCNC(=O)c1ccc(Cl)cc1. The molecule has 6 heteroatoms. The first-order chi connectivity index (χ1) is 12.0. The summed E-state index contributed by atoms with van der Waals surface area (Å²) in [4.78, 5) is 25.6. The molecule has 0 radical (unpaired) electrons. The fourth-order valence-corrected chi connectivity index (χ4v) is 2.41. The Hall–Kier alpha value is -2.40. The maximum atomic E-state index is 12.9. The van der Waals surface area contributed by atoms with E-state index in [0.29, 0.717) is 36.5 Å². The summed E-state index contributed by atoms with van der Waals surface area (Å²) in [6, 6.07) is 12.7. The predicted molar refractivity (Wildman–Crippen MR) is 95.9 cm³/mol. The molecule has 0 atom stereocenters. The van der Waals surface area contributed by atoms with Crippen LogP contribution in [0.4, 0.5) is 4.39 Å². The van der Waals surface area contributed by atoms with E-state index in [4.69, 9.17) is 11.6 Å². The van der Waals surface area contributed by atoms with Crippen molar-refractivity contribution >= 4 is 23.4 Å². The predicted octanol–water partition coefficient (Wildman–Crippen LogP) is 3.65. The number of halogens is 2. The molecule has 0 aliphatic rings. The Bertz CT molecular complexity index is 717. The summed E-state index contributed by atoms with van der Waals surface area (Å²) in [5.74, 6) is -0.511. The van der Waals surface area contributed by atoms with Gasteiger partial charge in [0.2, 0.25) is 5.91 Å². The first kappa shape index (κ1) is 18.9. The molecule has 2 aromatic rings. The fourth-order valence-electron chi connectivity index (χ4n) is 2.29. The van der Waals surface area contributed by atoms with Crippen LogP contribution in [-0.4, -0.2) is 30.3 Å². The van der Waals surface area contributed by atoms with E-state index in [9.17, 15) is 14.0 Å². The first-order valence-corrected chi connectivity index (χ1v) is 8.35. The van der Waals surface area contributed by atoms with Crippen LogP contribution in [0.25, 0.3) is 0 Å². The van der Waals surface area contributed by atoms with Crippen LogP contribution >= 0.6 is 11.6 Å². The van der Waals surface area contributed by atoms with Crippen LogP contribution in [0.3, 0.4) is 0 Å². The molecular formula is C19H20ClFN2O2. The number of rotatable bonds is 7. The van der Waals surface area contributed by atoms with E-state index in [1.165, 1.54) is 12.1 Å². The largest absolute Gasteiger partial charge is 0.352 e. The minimum absolute atomic E-state index is 0.0231. The molecule has 132 valence electrons. The molecule has 0 spiro atoms. The Labute approximate surface area is 151 Å². The smallest absolute Gasteiger partial charge is 0.251 e. The Morgan fingerprint density at radius 2 is 1.72 bits per heavy atom. The highest BCUT2D eigenvalue weighted by atomic mass is 35.5. The third kappa shape index (κ3) is 6.19. The minimum Gasteiger partial charge on any atom is -0.352 e. The topological polar surface area (TPSA) is 49.4 Å². The van der Waals surface area contributed by atoms with Gasteiger partial charge in [-0.3, -0.25) is 9.59 Å². The van der Waals surface area contributed by atoms with Crippen LogP contribution in [0.15, 0.2) is 48.5 Å². The highest BCUT2D eigenvalue weighted by Gasteiger charge is 2.10. The minimum atomic E-state index is -0.297. The van der Waals surface area contributed by atoms with Crippen molar-refractivity contribution in [2.75, 3.05) is 13.6 Å². The second kappa shape index (κ2) is 9.18. The second-order valence-corrected chi connectivity index (χ2v) is 6.18. The van der Waals surface area contributed by atoms with Crippen LogP contribution in [0, 0.1) is 5.82 Å². The van der Waals surface area contributed by atoms with Gasteiger partial charge in [-0.1, -0.05) is 23.7 Å². The lowest BCUT2D eigenvalue weighted by Gasteiger charge is -2.17. The maximum absolute atomic E-state index is 12.9. The standard InChI is InChI=1S/C19H20ClFN2O2/c1-23(13-14-4-10-17(21)11-5-14)18(24)3-2-12-22-19(25)15-6-8-16(20)9-7-15/h4-11H,2-3,12-13H2,1H3,(H,22,25). The number of carbonyl (C=O) groups is 2. The van der Waals surface area contributed by atoms with Gasteiger partial charge in [0.1, 0.15) is 5.82 Å². The molecule has 0 heterocycles. The van der Waals surface area contributed by atoms with Crippen molar-refractivity contribution < 1.29 is 14.0 Å². The molecule has 2 aromatic carbocycles. The Balaban J connectivity index is 1.69. The van der Waals surface area contributed by atoms with E-state index in [1.807, 2.05) is 0 Å². The van der Waals surface area contributed by atoms with Crippen molar-refractivity contribution in [1.29, 1.82) is 0 Å². The summed E-state index contributed by atoms with van der Waals surface area (Å²) in [7, 11) is 1.71. The summed E-state index contributed by atoms with van der Waals surface area (Å²) in [5, 5.41) is 3.35. The van der Waals surface area contributed by atoms with Gasteiger partial charge >= 0.3 is 0 Å². The zero-order valence-corrected chi connectivity index (χ0v) is 14.7. The van der Waals surface area contributed by atoms with Crippen molar-refractivity contribution in [1.82, 2.24) is 10.2 Å². The number of nitrogens with one attached hydrogen (secondary N) is 1. The number of amides is 2. The van der Waals surface area contributed by atoms with Gasteiger partial charge in [0.15, 0.2) is 0 Å². The van der Waals surface area contributed by atoms with Crippen molar-refractivity contribution in [2.45, 2.75) is 19.4 Å². The van der Waals surface area contributed by atoms with Gasteiger partial charge in [0, 0.05) is 37.1 Å². The molecule has 25 heavy (non-hydrogen) atoms. The Morgan fingerprint density at radius 3 is 2.36 bits per heavy atom. The summed E-state index contributed by atoms with van der Waals surface area (Å²) in [5.41, 5.74) is 1.40. The van der Waals surface area contributed by atoms with Crippen molar-refractivity contribution in [2.24, 2.45) is 0 Å². The molecule has 0 aromatic heterocycles. The van der Waals surface area contributed by atoms with Gasteiger partial charge in [-0.2, -0.15) is 0 Å². The van der Waals surface area contributed by atoms with E-state index in [0.717, 1.165) is 5.56 Å².